The van der Waals surface area contributed by atoms with E-state index >= 15 is 0 Å². The van der Waals surface area contributed by atoms with Crippen LogP contribution in [0.15, 0.2) is 60.9 Å². The SMILES string of the molecule is O=C(Nc1cc(Cl)ccc1Cl)c1cc(NCc2ccccc2)ncn1. The maximum Gasteiger partial charge on any atom is 0.274 e. The van der Waals surface area contributed by atoms with E-state index in [1.807, 2.05) is 30.3 Å². The molecule has 1 aromatic heterocycles. The lowest BCUT2D eigenvalue weighted by Gasteiger charge is -2.09. The molecular formula is C18H14Cl2N4O. The van der Waals surface area contributed by atoms with E-state index in [1.165, 1.54) is 6.33 Å². The summed E-state index contributed by atoms with van der Waals surface area (Å²) in [7, 11) is 0. The maximum absolute atomic E-state index is 12.4. The number of carbonyl (C=O) groups excluding carboxylic acids is 1. The number of benzene rings is 2. The number of amides is 1. The summed E-state index contributed by atoms with van der Waals surface area (Å²) in [6, 6.07) is 16.3. The molecule has 3 rings (SSSR count). The van der Waals surface area contributed by atoms with Crippen molar-refractivity contribution in [2.75, 3.05) is 10.6 Å². The molecular weight excluding hydrogens is 359 g/mol. The second-order valence-electron chi connectivity index (χ2n) is 5.21. The molecule has 126 valence electrons. The Kier molecular flexibility index (Phi) is 5.48. The molecule has 0 saturated heterocycles. The third-order valence-electron chi connectivity index (χ3n) is 3.39. The van der Waals surface area contributed by atoms with Crippen molar-refractivity contribution in [1.82, 2.24) is 9.97 Å². The van der Waals surface area contributed by atoms with Gasteiger partial charge in [0.2, 0.25) is 0 Å². The second-order valence-corrected chi connectivity index (χ2v) is 6.05. The van der Waals surface area contributed by atoms with E-state index < -0.39 is 5.91 Å². The number of aromatic nitrogens is 2. The van der Waals surface area contributed by atoms with Crippen molar-refractivity contribution in [3.05, 3.63) is 82.2 Å². The molecule has 3 aromatic rings. The lowest BCUT2D eigenvalue weighted by atomic mass is 10.2. The molecule has 1 heterocycles. The zero-order valence-corrected chi connectivity index (χ0v) is 14.6. The molecule has 2 N–H and O–H groups in total. The summed E-state index contributed by atoms with van der Waals surface area (Å²) >= 11 is 12.0. The largest absolute Gasteiger partial charge is 0.366 e. The van der Waals surface area contributed by atoms with Gasteiger partial charge >= 0.3 is 0 Å². The van der Waals surface area contributed by atoms with E-state index in [0.29, 0.717) is 28.1 Å². The molecule has 0 saturated carbocycles. The topological polar surface area (TPSA) is 66.9 Å². The summed E-state index contributed by atoms with van der Waals surface area (Å²) < 4.78 is 0. The number of carbonyl (C=O) groups is 1. The van der Waals surface area contributed by atoms with Gasteiger partial charge in [0, 0.05) is 17.6 Å². The zero-order valence-electron chi connectivity index (χ0n) is 13.0. The fourth-order valence-corrected chi connectivity index (χ4v) is 2.48. The highest BCUT2D eigenvalue weighted by Crippen LogP contribution is 2.25. The van der Waals surface area contributed by atoms with Gasteiger partial charge in [0.1, 0.15) is 17.8 Å². The average Bonchev–Trinajstić information content (AvgIpc) is 2.64. The standard InChI is InChI=1S/C18H14Cl2N4O/c19-13-6-7-14(20)15(8-13)24-18(25)16-9-17(23-11-22-16)21-10-12-4-2-1-3-5-12/h1-9,11H,10H2,(H,24,25)(H,21,22,23). The lowest BCUT2D eigenvalue weighted by Crippen LogP contribution is -2.15. The summed E-state index contributed by atoms with van der Waals surface area (Å²) in [6.45, 7) is 0.596. The first kappa shape index (κ1) is 17.2. The Bertz CT molecular complexity index is 887. The molecule has 0 spiro atoms. The normalized spacial score (nSPS) is 10.3. The fourth-order valence-electron chi connectivity index (χ4n) is 2.15. The number of nitrogens with zero attached hydrogens (tertiary/aromatic N) is 2. The van der Waals surface area contributed by atoms with Crippen LogP contribution < -0.4 is 10.6 Å². The summed E-state index contributed by atoms with van der Waals surface area (Å²) in [4.78, 5) is 20.5. The zero-order chi connectivity index (χ0) is 17.6. The van der Waals surface area contributed by atoms with Crippen LogP contribution in [0.2, 0.25) is 10.0 Å². The van der Waals surface area contributed by atoms with Crippen LogP contribution in [0.25, 0.3) is 0 Å². The Hall–Kier alpha value is -2.63. The van der Waals surface area contributed by atoms with Crippen molar-refractivity contribution in [3.8, 4) is 0 Å². The Morgan fingerprint density at radius 2 is 1.80 bits per heavy atom. The number of hydrogen-bond donors (Lipinski definition) is 2. The Morgan fingerprint density at radius 3 is 2.60 bits per heavy atom. The van der Waals surface area contributed by atoms with Crippen molar-refractivity contribution in [2.45, 2.75) is 6.54 Å². The molecule has 7 heteroatoms. The van der Waals surface area contributed by atoms with Crippen molar-refractivity contribution >= 4 is 40.6 Å². The lowest BCUT2D eigenvalue weighted by molar-refractivity contribution is 0.102. The van der Waals surface area contributed by atoms with Gasteiger partial charge in [-0.25, -0.2) is 9.97 Å². The minimum absolute atomic E-state index is 0.224. The summed E-state index contributed by atoms with van der Waals surface area (Å²) in [6.07, 6.45) is 1.34. The molecule has 0 aliphatic heterocycles. The van der Waals surface area contributed by atoms with E-state index in [-0.39, 0.29) is 5.69 Å². The first-order chi connectivity index (χ1) is 12.1. The minimum atomic E-state index is -0.394. The van der Waals surface area contributed by atoms with Crippen LogP contribution in [0.5, 0.6) is 0 Å². The van der Waals surface area contributed by atoms with Gasteiger partial charge < -0.3 is 10.6 Å². The number of halogens is 2. The van der Waals surface area contributed by atoms with E-state index in [2.05, 4.69) is 20.6 Å². The summed E-state index contributed by atoms with van der Waals surface area (Å²) in [5.41, 5.74) is 1.76. The molecule has 2 aromatic carbocycles. The predicted molar refractivity (Wildman–Crippen MR) is 100 cm³/mol. The van der Waals surface area contributed by atoms with Crippen LogP contribution in [-0.2, 0) is 6.54 Å². The van der Waals surface area contributed by atoms with Crippen LogP contribution in [0.4, 0.5) is 11.5 Å². The van der Waals surface area contributed by atoms with Gasteiger partial charge in [-0.15, -0.1) is 0 Å². The van der Waals surface area contributed by atoms with Crippen LogP contribution in [0.3, 0.4) is 0 Å². The summed E-state index contributed by atoms with van der Waals surface area (Å²) in [5.74, 6) is 0.163. The van der Waals surface area contributed by atoms with E-state index in [1.54, 1.807) is 24.3 Å². The van der Waals surface area contributed by atoms with Crippen LogP contribution >= 0.6 is 23.2 Å². The first-order valence-electron chi connectivity index (χ1n) is 7.48. The van der Waals surface area contributed by atoms with Crippen molar-refractivity contribution in [2.24, 2.45) is 0 Å². The monoisotopic (exact) mass is 372 g/mol. The number of nitrogens with one attached hydrogen (secondary N) is 2. The smallest absolute Gasteiger partial charge is 0.274 e. The highest BCUT2D eigenvalue weighted by molar-refractivity contribution is 6.35. The summed E-state index contributed by atoms with van der Waals surface area (Å²) in [5, 5.41) is 6.73. The first-order valence-corrected chi connectivity index (χ1v) is 8.23. The van der Waals surface area contributed by atoms with Gasteiger partial charge in [-0.05, 0) is 23.8 Å². The van der Waals surface area contributed by atoms with Gasteiger partial charge in [-0.2, -0.15) is 0 Å². The quantitative estimate of drug-likeness (QED) is 0.683. The van der Waals surface area contributed by atoms with Crippen LogP contribution in [0, 0.1) is 0 Å². The molecule has 0 aliphatic rings. The van der Waals surface area contributed by atoms with Crippen molar-refractivity contribution in [3.63, 3.8) is 0 Å². The molecule has 0 radical (unpaired) electrons. The fraction of sp³-hybridized carbons (Fsp3) is 0.0556. The predicted octanol–water partition coefficient (Wildman–Crippen LogP) is 4.65. The van der Waals surface area contributed by atoms with E-state index in [0.717, 1.165) is 5.56 Å². The average molecular weight is 373 g/mol. The molecule has 25 heavy (non-hydrogen) atoms. The van der Waals surface area contributed by atoms with Crippen LogP contribution in [-0.4, -0.2) is 15.9 Å². The maximum atomic E-state index is 12.4. The Labute approximate surface area is 155 Å². The van der Waals surface area contributed by atoms with Crippen molar-refractivity contribution < 1.29 is 4.79 Å². The van der Waals surface area contributed by atoms with Crippen molar-refractivity contribution in [1.29, 1.82) is 0 Å². The van der Waals surface area contributed by atoms with Gasteiger partial charge in [0.15, 0.2) is 0 Å². The Balaban J connectivity index is 1.70. The van der Waals surface area contributed by atoms with E-state index in [4.69, 9.17) is 23.2 Å². The number of rotatable bonds is 5. The molecule has 0 fully saturated rings. The van der Waals surface area contributed by atoms with Gasteiger partial charge in [0.25, 0.3) is 5.91 Å². The molecule has 5 nitrogen and oxygen atoms in total. The van der Waals surface area contributed by atoms with Crippen LogP contribution in [0.1, 0.15) is 16.1 Å². The third kappa shape index (κ3) is 4.68. The number of anilines is 2. The second kappa shape index (κ2) is 7.96. The molecule has 0 bridgehead atoms. The molecule has 0 unspecified atom stereocenters. The molecule has 0 aliphatic carbocycles. The molecule has 1 amide bonds. The van der Waals surface area contributed by atoms with Gasteiger partial charge in [-0.1, -0.05) is 53.5 Å². The van der Waals surface area contributed by atoms with E-state index in [9.17, 15) is 4.79 Å². The highest BCUT2D eigenvalue weighted by Gasteiger charge is 2.11. The number of hydrogen-bond acceptors (Lipinski definition) is 4. The van der Waals surface area contributed by atoms with Gasteiger partial charge in [-0.3, -0.25) is 4.79 Å². The minimum Gasteiger partial charge on any atom is -0.366 e. The molecule has 0 atom stereocenters. The third-order valence-corrected chi connectivity index (χ3v) is 3.96. The Morgan fingerprint density at radius 1 is 1.00 bits per heavy atom. The van der Waals surface area contributed by atoms with Gasteiger partial charge in [0.05, 0.1) is 10.7 Å². The highest BCUT2D eigenvalue weighted by atomic mass is 35.5.